The van der Waals surface area contributed by atoms with E-state index in [0.717, 1.165) is 12.4 Å². The smallest absolute Gasteiger partial charge is 0.146 e. The van der Waals surface area contributed by atoms with Gasteiger partial charge in [-0.15, -0.1) is 0 Å². The molecule has 5 heteroatoms. The SMILES string of the molecule is CCn1ccnc1COc1ccc(Cl)cc1[C@@H](C)O. The molecule has 0 aliphatic rings. The van der Waals surface area contributed by atoms with Crippen LogP contribution in [0.2, 0.25) is 5.02 Å². The Balaban J connectivity index is 2.15. The van der Waals surface area contributed by atoms with Crippen LogP contribution >= 0.6 is 11.6 Å². The van der Waals surface area contributed by atoms with Gasteiger partial charge >= 0.3 is 0 Å². The maximum Gasteiger partial charge on any atom is 0.146 e. The molecule has 0 spiro atoms. The first-order valence-electron chi connectivity index (χ1n) is 6.22. The van der Waals surface area contributed by atoms with E-state index in [1.54, 1.807) is 31.3 Å². The molecular weight excluding hydrogens is 264 g/mol. The van der Waals surface area contributed by atoms with Gasteiger partial charge in [0.05, 0.1) is 6.10 Å². The van der Waals surface area contributed by atoms with Gasteiger partial charge in [-0.2, -0.15) is 0 Å². The maximum atomic E-state index is 9.73. The third-order valence-corrected chi connectivity index (χ3v) is 3.16. The molecule has 1 heterocycles. The fourth-order valence-corrected chi connectivity index (χ4v) is 2.07. The van der Waals surface area contributed by atoms with Crippen molar-refractivity contribution in [2.45, 2.75) is 33.1 Å². The van der Waals surface area contributed by atoms with E-state index in [-0.39, 0.29) is 0 Å². The molecule has 2 aromatic rings. The van der Waals surface area contributed by atoms with Gasteiger partial charge in [0.25, 0.3) is 0 Å². The molecule has 1 atom stereocenters. The summed E-state index contributed by atoms with van der Waals surface area (Å²) in [6, 6.07) is 5.23. The van der Waals surface area contributed by atoms with Gasteiger partial charge in [0, 0.05) is 29.5 Å². The summed E-state index contributed by atoms with van der Waals surface area (Å²) in [5, 5.41) is 10.3. The quantitative estimate of drug-likeness (QED) is 0.915. The zero-order valence-electron chi connectivity index (χ0n) is 11.0. The number of ether oxygens (including phenoxy) is 1. The molecule has 1 aromatic carbocycles. The molecule has 0 saturated carbocycles. The van der Waals surface area contributed by atoms with Crippen molar-refractivity contribution in [1.82, 2.24) is 9.55 Å². The van der Waals surface area contributed by atoms with Crippen LogP contribution < -0.4 is 4.74 Å². The van der Waals surface area contributed by atoms with E-state index < -0.39 is 6.10 Å². The minimum absolute atomic E-state index is 0.363. The predicted molar refractivity (Wildman–Crippen MR) is 74.3 cm³/mol. The number of imidazole rings is 1. The summed E-state index contributed by atoms with van der Waals surface area (Å²) >= 11 is 5.93. The number of hydrogen-bond donors (Lipinski definition) is 1. The van der Waals surface area contributed by atoms with Crippen molar-refractivity contribution in [1.29, 1.82) is 0 Å². The number of hydrogen-bond acceptors (Lipinski definition) is 3. The first kappa shape index (κ1) is 13.9. The Hall–Kier alpha value is -1.52. The van der Waals surface area contributed by atoms with Gasteiger partial charge in [-0.05, 0) is 32.0 Å². The van der Waals surface area contributed by atoms with Gasteiger partial charge in [-0.1, -0.05) is 11.6 Å². The summed E-state index contributed by atoms with van der Waals surface area (Å²) in [7, 11) is 0. The van der Waals surface area contributed by atoms with Crippen molar-refractivity contribution in [3.63, 3.8) is 0 Å². The van der Waals surface area contributed by atoms with Crippen molar-refractivity contribution in [2.75, 3.05) is 0 Å². The number of nitrogens with zero attached hydrogens (tertiary/aromatic N) is 2. The second-order valence-corrected chi connectivity index (χ2v) is 4.71. The monoisotopic (exact) mass is 280 g/mol. The first-order chi connectivity index (χ1) is 9.11. The fraction of sp³-hybridized carbons (Fsp3) is 0.357. The Morgan fingerprint density at radius 2 is 2.26 bits per heavy atom. The Morgan fingerprint density at radius 1 is 1.47 bits per heavy atom. The lowest BCUT2D eigenvalue weighted by Crippen LogP contribution is -2.07. The highest BCUT2D eigenvalue weighted by Crippen LogP contribution is 2.28. The molecule has 1 N–H and O–H groups in total. The van der Waals surface area contributed by atoms with Gasteiger partial charge in [0.2, 0.25) is 0 Å². The molecule has 19 heavy (non-hydrogen) atoms. The summed E-state index contributed by atoms with van der Waals surface area (Å²) in [6.07, 6.45) is 3.04. The van der Waals surface area contributed by atoms with Crippen molar-refractivity contribution in [3.05, 3.63) is 47.0 Å². The minimum atomic E-state index is -0.625. The van der Waals surface area contributed by atoms with Crippen LogP contribution in [0.3, 0.4) is 0 Å². The van der Waals surface area contributed by atoms with Crippen molar-refractivity contribution < 1.29 is 9.84 Å². The molecule has 0 radical (unpaired) electrons. The molecule has 0 aliphatic heterocycles. The largest absolute Gasteiger partial charge is 0.485 e. The van der Waals surface area contributed by atoms with Gasteiger partial charge in [-0.3, -0.25) is 0 Å². The standard InChI is InChI=1S/C14H17ClN2O2/c1-3-17-7-6-16-14(17)9-19-13-5-4-11(15)8-12(13)10(2)18/h4-8,10,18H,3,9H2,1-2H3/t10-/m1/s1. The molecule has 0 aliphatic carbocycles. The average molecular weight is 281 g/mol. The summed E-state index contributed by atoms with van der Waals surface area (Å²) in [5.41, 5.74) is 0.683. The summed E-state index contributed by atoms with van der Waals surface area (Å²) in [4.78, 5) is 4.24. The highest BCUT2D eigenvalue weighted by molar-refractivity contribution is 6.30. The van der Waals surface area contributed by atoms with Crippen LogP contribution in [0.25, 0.3) is 0 Å². The number of aromatic nitrogens is 2. The number of aliphatic hydroxyl groups is 1. The van der Waals surface area contributed by atoms with Crippen LogP contribution in [0.4, 0.5) is 0 Å². The number of halogens is 1. The van der Waals surface area contributed by atoms with Crippen molar-refractivity contribution >= 4 is 11.6 Å². The van der Waals surface area contributed by atoms with Gasteiger partial charge < -0.3 is 14.4 Å². The Bertz CT molecular complexity index is 552. The topological polar surface area (TPSA) is 47.3 Å². The van der Waals surface area contributed by atoms with E-state index in [4.69, 9.17) is 16.3 Å². The highest BCUT2D eigenvalue weighted by atomic mass is 35.5. The lowest BCUT2D eigenvalue weighted by molar-refractivity contribution is 0.189. The Kier molecular flexibility index (Phi) is 4.45. The second-order valence-electron chi connectivity index (χ2n) is 4.28. The van der Waals surface area contributed by atoms with Crippen LogP contribution in [0, 0.1) is 0 Å². The van der Waals surface area contributed by atoms with E-state index >= 15 is 0 Å². The van der Waals surface area contributed by atoms with Crippen LogP contribution in [0.15, 0.2) is 30.6 Å². The number of benzene rings is 1. The lowest BCUT2D eigenvalue weighted by atomic mass is 10.1. The molecule has 0 bridgehead atoms. The van der Waals surface area contributed by atoms with Gasteiger partial charge in [0.15, 0.2) is 0 Å². The summed E-state index contributed by atoms with van der Waals surface area (Å²) in [6.45, 7) is 4.95. The number of rotatable bonds is 5. The number of aliphatic hydroxyl groups excluding tert-OH is 1. The lowest BCUT2D eigenvalue weighted by Gasteiger charge is -2.14. The third kappa shape index (κ3) is 3.28. The van der Waals surface area contributed by atoms with Crippen molar-refractivity contribution in [3.8, 4) is 5.75 Å². The van der Waals surface area contributed by atoms with Gasteiger partial charge in [-0.25, -0.2) is 4.98 Å². The molecule has 0 fully saturated rings. The molecule has 1 aromatic heterocycles. The Labute approximate surface area is 117 Å². The molecule has 0 unspecified atom stereocenters. The fourth-order valence-electron chi connectivity index (χ4n) is 1.89. The van der Waals surface area contributed by atoms with E-state index in [0.29, 0.717) is 22.9 Å². The Morgan fingerprint density at radius 3 is 2.95 bits per heavy atom. The zero-order chi connectivity index (χ0) is 13.8. The normalized spacial score (nSPS) is 12.4. The van der Waals surface area contributed by atoms with E-state index in [9.17, 15) is 5.11 Å². The molecular formula is C14H17ClN2O2. The van der Waals surface area contributed by atoms with Crippen LogP contribution in [0.5, 0.6) is 5.75 Å². The molecule has 102 valence electrons. The zero-order valence-corrected chi connectivity index (χ0v) is 11.8. The van der Waals surface area contributed by atoms with Gasteiger partial charge in [0.1, 0.15) is 18.2 Å². The van der Waals surface area contributed by atoms with E-state index in [2.05, 4.69) is 11.9 Å². The molecule has 2 rings (SSSR count). The number of aryl methyl sites for hydroxylation is 1. The second kappa shape index (κ2) is 6.08. The van der Waals surface area contributed by atoms with Crippen molar-refractivity contribution in [2.24, 2.45) is 0 Å². The van der Waals surface area contributed by atoms with E-state index in [1.807, 2.05) is 10.8 Å². The van der Waals surface area contributed by atoms with Crippen LogP contribution in [-0.2, 0) is 13.2 Å². The summed E-state index contributed by atoms with van der Waals surface area (Å²) < 4.78 is 7.75. The predicted octanol–water partition coefficient (Wildman–Crippen LogP) is 3.19. The molecule has 0 amide bonds. The maximum absolute atomic E-state index is 9.73. The molecule has 0 saturated heterocycles. The average Bonchev–Trinajstić information content (AvgIpc) is 2.84. The summed E-state index contributed by atoms with van der Waals surface area (Å²) in [5.74, 6) is 1.49. The van der Waals surface area contributed by atoms with Crippen LogP contribution in [-0.4, -0.2) is 14.7 Å². The third-order valence-electron chi connectivity index (χ3n) is 2.92. The van der Waals surface area contributed by atoms with E-state index in [1.165, 1.54) is 0 Å². The van der Waals surface area contributed by atoms with Crippen LogP contribution in [0.1, 0.15) is 31.3 Å². The first-order valence-corrected chi connectivity index (χ1v) is 6.60. The highest BCUT2D eigenvalue weighted by Gasteiger charge is 2.11. The minimum Gasteiger partial charge on any atom is -0.485 e. The molecule has 4 nitrogen and oxygen atoms in total.